The molecule has 6 heteroatoms. The predicted molar refractivity (Wildman–Crippen MR) is 109 cm³/mol. The molecule has 1 atom stereocenters. The van der Waals surface area contributed by atoms with Gasteiger partial charge in [0.1, 0.15) is 12.1 Å². The minimum atomic E-state index is -0.487. The fourth-order valence-electron chi connectivity index (χ4n) is 3.31. The van der Waals surface area contributed by atoms with Crippen LogP contribution < -0.4 is 10.6 Å². The first kappa shape index (κ1) is 19.8. The van der Waals surface area contributed by atoms with Crippen molar-refractivity contribution in [2.75, 3.05) is 13.6 Å². The number of amides is 1. The van der Waals surface area contributed by atoms with Gasteiger partial charge in [-0.25, -0.2) is 4.39 Å². The molecule has 0 saturated carbocycles. The third kappa shape index (κ3) is 4.64. The number of carbonyl (C=O) groups excluding carboxylic acids is 2. The number of fused-ring (bicyclic) bond motifs is 1. The summed E-state index contributed by atoms with van der Waals surface area (Å²) < 4.78 is 13.3. The van der Waals surface area contributed by atoms with E-state index in [1.165, 1.54) is 12.1 Å². The van der Waals surface area contributed by atoms with Gasteiger partial charge in [-0.05, 0) is 67.9 Å². The van der Waals surface area contributed by atoms with Gasteiger partial charge in [0.2, 0.25) is 5.91 Å². The molecule has 0 aliphatic carbocycles. The Bertz CT molecular complexity index is 950. The summed E-state index contributed by atoms with van der Waals surface area (Å²) in [5.74, 6) is -0.453. The SMILES string of the molecule is CNCCC(C=O)NC(=O)CCc1c(-c2ccc(F)cc2)[nH]c2ccccc12. The maximum absolute atomic E-state index is 13.3. The smallest absolute Gasteiger partial charge is 0.220 e. The summed E-state index contributed by atoms with van der Waals surface area (Å²) in [6.07, 6.45) is 2.10. The number of aryl methyl sites for hydroxylation is 1. The molecule has 0 spiro atoms. The number of aromatic amines is 1. The Labute approximate surface area is 163 Å². The van der Waals surface area contributed by atoms with E-state index in [1.807, 2.05) is 24.3 Å². The van der Waals surface area contributed by atoms with Gasteiger partial charge >= 0.3 is 0 Å². The molecular formula is C22H24FN3O2. The molecule has 3 N–H and O–H groups in total. The van der Waals surface area contributed by atoms with Crippen molar-refractivity contribution in [1.82, 2.24) is 15.6 Å². The normalized spacial score (nSPS) is 12.1. The van der Waals surface area contributed by atoms with E-state index in [0.29, 0.717) is 19.4 Å². The lowest BCUT2D eigenvalue weighted by atomic mass is 10.0. The molecule has 0 saturated heterocycles. The van der Waals surface area contributed by atoms with Gasteiger partial charge in [-0.2, -0.15) is 0 Å². The van der Waals surface area contributed by atoms with Gasteiger partial charge in [-0.3, -0.25) is 4.79 Å². The van der Waals surface area contributed by atoms with Crippen LogP contribution in [0.5, 0.6) is 0 Å². The zero-order valence-corrected chi connectivity index (χ0v) is 15.8. The minimum Gasteiger partial charge on any atom is -0.354 e. The quantitative estimate of drug-likeness (QED) is 0.498. The van der Waals surface area contributed by atoms with Crippen molar-refractivity contribution < 1.29 is 14.0 Å². The van der Waals surface area contributed by atoms with Gasteiger partial charge < -0.3 is 20.4 Å². The van der Waals surface area contributed by atoms with Crippen LogP contribution in [0.4, 0.5) is 4.39 Å². The largest absolute Gasteiger partial charge is 0.354 e. The number of rotatable bonds is 9. The van der Waals surface area contributed by atoms with Gasteiger partial charge in [0.05, 0.1) is 6.04 Å². The lowest BCUT2D eigenvalue weighted by molar-refractivity contribution is -0.124. The Kier molecular flexibility index (Phi) is 6.55. The second-order valence-electron chi connectivity index (χ2n) is 6.73. The highest BCUT2D eigenvalue weighted by Gasteiger charge is 2.16. The first-order valence-electron chi connectivity index (χ1n) is 9.37. The number of aromatic nitrogens is 1. The van der Waals surface area contributed by atoms with Crippen molar-refractivity contribution >= 4 is 23.1 Å². The van der Waals surface area contributed by atoms with Crippen molar-refractivity contribution in [3.8, 4) is 11.3 Å². The van der Waals surface area contributed by atoms with E-state index in [1.54, 1.807) is 19.2 Å². The highest BCUT2D eigenvalue weighted by molar-refractivity contribution is 5.91. The zero-order chi connectivity index (χ0) is 19.9. The summed E-state index contributed by atoms with van der Waals surface area (Å²) in [6.45, 7) is 0.654. The van der Waals surface area contributed by atoms with Gasteiger partial charge in [0, 0.05) is 23.0 Å². The summed E-state index contributed by atoms with van der Waals surface area (Å²) in [7, 11) is 1.80. The Morgan fingerprint density at radius 3 is 2.64 bits per heavy atom. The van der Waals surface area contributed by atoms with Crippen LogP contribution in [-0.4, -0.2) is 36.8 Å². The van der Waals surface area contributed by atoms with E-state index in [0.717, 1.165) is 34.0 Å². The Balaban J connectivity index is 1.80. The van der Waals surface area contributed by atoms with Crippen molar-refractivity contribution in [2.45, 2.75) is 25.3 Å². The van der Waals surface area contributed by atoms with E-state index in [-0.39, 0.29) is 18.1 Å². The molecular weight excluding hydrogens is 357 g/mol. The average molecular weight is 381 g/mol. The van der Waals surface area contributed by atoms with Crippen LogP contribution in [0.2, 0.25) is 0 Å². The van der Waals surface area contributed by atoms with Crippen LogP contribution in [0.15, 0.2) is 48.5 Å². The van der Waals surface area contributed by atoms with Crippen LogP contribution in [0.25, 0.3) is 22.2 Å². The molecule has 28 heavy (non-hydrogen) atoms. The number of nitrogens with one attached hydrogen (secondary N) is 3. The van der Waals surface area contributed by atoms with Crippen LogP contribution in [0, 0.1) is 5.82 Å². The standard InChI is InChI=1S/C22H24FN3O2/c1-24-13-12-17(14-27)25-21(28)11-10-19-18-4-2-3-5-20(18)26-22(19)15-6-8-16(23)9-7-15/h2-9,14,17,24,26H,10-13H2,1H3,(H,25,28). The van der Waals surface area contributed by atoms with Gasteiger partial charge in [0.25, 0.3) is 0 Å². The molecule has 1 unspecified atom stereocenters. The van der Waals surface area contributed by atoms with Crippen molar-refractivity contribution in [2.24, 2.45) is 0 Å². The molecule has 1 heterocycles. The van der Waals surface area contributed by atoms with Crippen LogP contribution in [0.3, 0.4) is 0 Å². The fourth-order valence-corrected chi connectivity index (χ4v) is 3.31. The number of para-hydroxylation sites is 1. The lowest BCUT2D eigenvalue weighted by Gasteiger charge is -2.12. The number of aldehydes is 1. The summed E-state index contributed by atoms with van der Waals surface area (Å²) in [4.78, 5) is 26.9. The van der Waals surface area contributed by atoms with Crippen molar-refractivity contribution in [3.63, 3.8) is 0 Å². The minimum absolute atomic E-state index is 0.163. The molecule has 0 aliphatic heterocycles. The maximum atomic E-state index is 13.3. The highest BCUT2D eigenvalue weighted by atomic mass is 19.1. The maximum Gasteiger partial charge on any atom is 0.220 e. The van der Waals surface area contributed by atoms with Crippen molar-refractivity contribution in [3.05, 3.63) is 59.9 Å². The summed E-state index contributed by atoms with van der Waals surface area (Å²) in [5, 5.41) is 6.78. The van der Waals surface area contributed by atoms with E-state index in [2.05, 4.69) is 15.6 Å². The lowest BCUT2D eigenvalue weighted by Crippen LogP contribution is -2.37. The highest BCUT2D eigenvalue weighted by Crippen LogP contribution is 2.31. The fraction of sp³-hybridized carbons (Fsp3) is 0.273. The number of benzene rings is 2. The predicted octanol–water partition coefficient (Wildman–Crippen LogP) is 3.20. The Hall–Kier alpha value is -2.99. The van der Waals surface area contributed by atoms with Crippen molar-refractivity contribution in [1.29, 1.82) is 0 Å². The van der Waals surface area contributed by atoms with Crippen LogP contribution >= 0.6 is 0 Å². The third-order valence-corrected chi connectivity index (χ3v) is 4.76. The van der Waals surface area contributed by atoms with Gasteiger partial charge in [-0.1, -0.05) is 18.2 Å². The first-order chi connectivity index (χ1) is 13.6. The molecule has 0 bridgehead atoms. The molecule has 3 rings (SSSR count). The zero-order valence-electron chi connectivity index (χ0n) is 15.8. The number of H-pyrrole nitrogens is 1. The van der Waals surface area contributed by atoms with Crippen LogP contribution in [0.1, 0.15) is 18.4 Å². The number of hydrogen-bond donors (Lipinski definition) is 3. The Morgan fingerprint density at radius 1 is 1.18 bits per heavy atom. The number of carbonyl (C=O) groups is 2. The molecule has 0 aliphatic rings. The molecule has 0 fully saturated rings. The molecule has 1 aromatic heterocycles. The molecule has 146 valence electrons. The van der Waals surface area contributed by atoms with Gasteiger partial charge in [-0.15, -0.1) is 0 Å². The van der Waals surface area contributed by atoms with Crippen LogP contribution in [-0.2, 0) is 16.0 Å². The monoisotopic (exact) mass is 381 g/mol. The average Bonchev–Trinajstić information content (AvgIpc) is 3.08. The number of hydrogen-bond acceptors (Lipinski definition) is 3. The second-order valence-corrected chi connectivity index (χ2v) is 6.73. The molecule has 1 amide bonds. The number of halogens is 1. The topological polar surface area (TPSA) is 74.0 Å². The molecule has 3 aromatic rings. The van der Waals surface area contributed by atoms with E-state index in [4.69, 9.17) is 0 Å². The van der Waals surface area contributed by atoms with E-state index >= 15 is 0 Å². The summed E-state index contributed by atoms with van der Waals surface area (Å²) in [5.41, 5.74) is 3.73. The molecule has 5 nitrogen and oxygen atoms in total. The summed E-state index contributed by atoms with van der Waals surface area (Å²) in [6, 6.07) is 13.7. The van der Waals surface area contributed by atoms with Gasteiger partial charge in [0.15, 0.2) is 0 Å². The van der Waals surface area contributed by atoms with E-state index < -0.39 is 6.04 Å². The first-order valence-corrected chi connectivity index (χ1v) is 9.37. The third-order valence-electron chi connectivity index (χ3n) is 4.76. The molecule has 2 aromatic carbocycles. The molecule has 0 radical (unpaired) electrons. The second kappa shape index (κ2) is 9.28. The summed E-state index contributed by atoms with van der Waals surface area (Å²) >= 11 is 0. The van der Waals surface area contributed by atoms with E-state index in [9.17, 15) is 14.0 Å². The Morgan fingerprint density at radius 2 is 1.93 bits per heavy atom.